The highest BCUT2D eigenvalue weighted by molar-refractivity contribution is 7.19. The van der Waals surface area contributed by atoms with Gasteiger partial charge in [-0.1, -0.05) is 13.3 Å². The van der Waals surface area contributed by atoms with Crippen LogP contribution in [0.5, 0.6) is 0 Å². The van der Waals surface area contributed by atoms with Crippen molar-refractivity contribution in [3.63, 3.8) is 0 Å². The van der Waals surface area contributed by atoms with Gasteiger partial charge in [-0.2, -0.15) is 0 Å². The quantitative estimate of drug-likeness (QED) is 0.776. The average molecular weight is 265 g/mol. The van der Waals surface area contributed by atoms with Crippen molar-refractivity contribution in [3.05, 3.63) is 20.9 Å². The van der Waals surface area contributed by atoms with Crippen LogP contribution in [0.1, 0.15) is 43.8 Å². The topological polar surface area (TPSA) is 34.1 Å². The number of hydrogen-bond acceptors (Lipinski definition) is 3. The van der Waals surface area contributed by atoms with Crippen LogP contribution >= 0.6 is 34.5 Å². The van der Waals surface area contributed by atoms with Crippen LogP contribution in [0.15, 0.2) is 0 Å². The van der Waals surface area contributed by atoms with Crippen molar-refractivity contribution in [1.29, 1.82) is 0 Å². The van der Waals surface area contributed by atoms with E-state index in [4.69, 9.17) is 23.2 Å². The molecule has 0 unspecified atom stereocenters. The molecule has 0 aromatic carbocycles. The van der Waals surface area contributed by atoms with E-state index in [0.29, 0.717) is 9.75 Å². The predicted octanol–water partition coefficient (Wildman–Crippen LogP) is 3.77. The van der Waals surface area contributed by atoms with Gasteiger partial charge >= 0.3 is 0 Å². The lowest BCUT2D eigenvalue weighted by Gasteiger charge is -1.99. The first kappa shape index (κ1) is 12.7. The van der Waals surface area contributed by atoms with Crippen molar-refractivity contribution in [1.82, 2.24) is 0 Å². The van der Waals surface area contributed by atoms with E-state index in [1.807, 2.05) is 6.92 Å². The van der Waals surface area contributed by atoms with Crippen molar-refractivity contribution in [2.24, 2.45) is 0 Å². The Morgan fingerprint density at radius 3 is 2.13 bits per heavy atom. The minimum Gasteiger partial charge on any atom is -0.275 e. The van der Waals surface area contributed by atoms with Gasteiger partial charge in [0, 0.05) is 0 Å². The zero-order valence-corrected chi connectivity index (χ0v) is 10.7. The minimum atomic E-state index is -0.529. The normalized spacial score (nSPS) is 10.4. The average Bonchev–Trinajstić information content (AvgIpc) is 2.45. The molecule has 0 aliphatic heterocycles. The third-order valence-electron chi connectivity index (χ3n) is 2.13. The Balaban J connectivity index is 3.32. The molecule has 0 atom stereocenters. The fourth-order valence-electron chi connectivity index (χ4n) is 1.44. The molecular formula is C10H10Cl2O2S. The lowest BCUT2D eigenvalue weighted by Crippen LogP contribution is -1.94. The number of halogens is 2. The van der Waals surface area contributed by atoms with Crippen LogP contribution in [0, 0.1) is 6.92 Å². The SMILES string of the molecule is CCCc1c(C(=O)Cl)sc(C(=O)Cl)c1C. The Bertz CT molecular complexity index is 410. The van der Waals surface area contributed by atoms with Crippen LogP contribution in [0.2, 0.25) is 0 Å². The second kappa shape index (κ2) is 5.10. The summed E-state index contributed by atoms with van der Waals surface area (Å²) in [5, 5.41) is -1.05. The first-order valence-corrected chi connectivity index (χ1v) is 6.08. The summed E-state index contributed by atoms with van der Waals surface area (Å²) < 4.78 is 0. The number of carbonyl (C=O) groups is 2. The standard InChI is InChI=1S/C10H10Cl2O2S/c1-3-4-6-5(2)7(9(11)13)15-8(6)10(12)14/h3-4H2,1-2H3. The molecule has 1 heterocycles. The Morgan fingerprint density at radius 2 is 1.73 bits per heavy atom. The van der Waals surface area contributed by atoms with Crippen LogP contribution in [-0.2, 0) is 6.42 Å². The Labute approximate surface area is 102 Å². The molecule has 1 aromatic heterocycles. The van der Waals surface area contributed by atoms with Crippen LogP contribution in [0.25, 0.3) is 0 Å². The van der Waals surface area contributed by atoms with E-state index in [0.717, 1.165) is 35.3 Å². The van der Waals surface area contributed by atoms with Gasteiger partial charge in [-0.15, -0.1) is 11.3 Å². The van der Waals surface area contributed by atoms with E-state index in [-0.39, 0.29) is 0 Å². The highest BCUT2D eigenvalue weighted by Gasteiger charge is 2.21. The Kier molecular flexibility index (Phi) is 4.32. The van der Waals surface area contributed by atoms with Crippen molar-refractivity contribution >= 4 is 45.0 Å². The maximum atomic E-state index is 11.2. The summed E-state index contributed by atoms with van der Waals surface area (Å²) in [4.78, 5) is 23.1. The van der Waals surface area contributed by atoms with E-state index >= 15 is 0 Å². The largest absolute Gasteiger partial charge is 0.275 e. The molecule has 0 bridgehead atoms. The molecule has 1 rings (SSSR count). The van der Waals surface area contributed by atoms with E-state index in [2.05, 4.69) is 0 Å². The highest BCUT2D eigenvalue weighted by atomic mass is 35.5. The fraction of sp³-hybridized carbons (Fsp3) is 0.400. The third-order valence-corrected chi connectivity index (χ3v) is 4.06. The summed E-state index contributed by atoms with van der Waals surface area (Å²) in [5.41, 5.74) is 1.64. The van der Waals surface area contributed by atoms with Crippen LogP contribution in [0.3, 0.4) is 0 Å². The molecule has 0 fully saturated rings. The van der Waals surface area contributed by atoms with Crippen molar-refractivity contribution in [3.8, 4) is 0 Å². The van der Waals surface area contributed by atoms with Crippen LogP contribution in [0.4, 0.5) is 0 Å². The molecule has 0 radical (unpaired) electrons. The lowest BCUT2D eigenvalue weighted by atomic mass is 10.1. The van der Waals surface area contributed by atoms with E-state index < -0.39 is 10.5 Å². The fourth-order valence-corrected chi connectivity index (χ4v) is 2.95. The summed E-state index contributed by atoms with van der Waals surface area (Å²) >= 11 is 11.9. The highest BCUT2D eigenvalue weighted by Crippen LogP contribution is 2.31. The molecule has 1 aromatic rings. The number of carbonyl (C=O) groups excluding carboxylic acids is 2. The van der Waals surface area contributed by atoms with Crippen molar-refractivity contribution in [2.75, 3.05) is 0 Å². The molecule has 0 aliphatic carbocycles. The molecule has 0 N–H and O–H groups in total. The first-order chi connectivity index (χ1) is 6.99. The first-order valence-electron chi connectivity index (χ1n) is 4.51. The molecule has 0 aliphatic rings. The molecule has 82 valence electrons. The molecule has 2 nitrogen and oxygen atoms in total. The molecular weight excluding hydrogens is 255 g/mol. The van der Waals surface area contributed by atoms with Gasteiger partial charge in [0.25, 0.3) is 10.5 Å². The molecule has 15 heavy (non-hydrogen) atoms. The van der Waals surface area contributed by atoms with E-state index in [9.17, 15) is 9.59 Å². The van der Waals surface area contributed by atoms with Crippen molar-refractivity contribution < 1.29 is 9.59 Å². The van der Waals surface area contributed by atoms with Crippen LogP contribution < -0.4 is 0 Å². The number of hydrogen-bond donors (Lipinski definition) is 0. The van der Waals surface area contributed by atoms with Crippen LogP contribution in [-0.4, -0.2) is 10.5 Å². The summed E-state index contributed by atoms with van der Waals surface area (Å²) in [6.07, 6.45) is 1.63. The van der Waals surface area contributed by atoms with Gasteiger partial charge in [0.1, 0.15) is 0 Å². The molecule has 0 saturated heterocycles. The van der Waals surface area contributed by atoms with Gasteiger partial charge in [-0.25, -0.2) is 0 Å². The monoisotopic (exact) mass is 264 g/mol. The zero-order chi connectivity index (χ0) is 11.6. The lowest BCUT2D eigenvalue weighted by molar-refractivity contribution is 0.107. The Hall–Kier alpha value is -0.380. The van der Waals surface area contributed by atoms with Gasteiger partial charge in [0.2, 0.25) is 0 Å². The van der Waals surface area contributed by atoms with Gasteiger partial charge in [0.15, 0.2) is 0 Å². The predicted molar refractivity (Wildman–Crippen MR) is 63.4 cm³/mol. The molecule has 5 heteroatoms. The minimum absolute atomic E-state index is 0.420. The maximum Gasteiger partial charge on any atom is 0.262 e. The molecule has 0 amide bonds. The third kappa shape index (κ3) is 2.60. The summed E-state index contributed by atoms with van der Waals surface area (Å²) in [7, 11) is 0. The molecule has 0 saturated carbocycles. The molecule has 0 spiro atoms. The maximum absolute atomic E-state index is 11.2. The summed E-state index contributed by atoms with van der Waals surface area (Å²) in [6, 6.07) is 0. The Morgan fingerprint density at radius 1 is 1.20 bits per heavy atom. The van der Waals surface area contributed by atoms with Gasteiger partial charge in [0.05, 0.1) is 9.75 Å². The second-order valence-electron chi connectivity index (χ2n) is 3.16. The number of thiophene rings is 1. The van der Waals surface area contributed by atoms with Gasteiger partial charge in [-0.3, -0.25) is 9.59 Å². The van der Waals surface area contributed by atoms with Gasteiger partial charge in [-0.05, 0) is 47.7 Å². The second-order valence-corrected chi connectivity index (χ2v) is 4.87. The van der Waals surface area contributed by atoms with Crippen molar-refractivity contribution in [2.45, 2.75) is 26.7 Å². The van der Waals surface area contributed by atoms with Gasteiger partial charge < -0.3 is 0 Å². The zero-order valence-electron chi connectivity index (χ0n) is 8.39. The summed E-state index contributed by atoms with van der Waals surface area (Å²) in [5.74, 6) is 0. The smallest absolute Gasteiger partial charge is 0.262 e. The summed E-state index contributed by atoms with van der Waals surface area (Å²) in [6.45, 7) is 3.79. The van der Waals surface area contributed by atoms with E-state index in [1.165, 1.54) is 0 Å². The van der Waals surface area contributed by atoms with E-state index in [1.54, 1.807) is 6.92 Å². The number of rotatable bonds is 4.